The lowest BCUT2D eigenvalue weighted by Crippen LogP contribution is -2.35. The second-order valence-electron chi connectivity index (χ2n) is 3.85. The van der Waals surface area contributed by atoms with Gasteiger partial charge in [0.1, 0.15) is 5.82 Å². The third-order valence-electron chi connectivity index (χ3n) is 2.47. The van der Waals surface area contributed by atoms with Crippen molar-refractivity contribution in [2.75, 3.05) is 0 Å². The topological polar surface area (TPSA) is 58.9 Å². The number of rotatable bonds is 2. The van der Waals surface area contributed by atoms with E-state index >= 15 is 0 Å². The van der Waals surface area contributed by atoms with Gasteiger partial charge >= 0.3 is 5.97 Å². The van der Waals surface area contributed by atoms with E-state index in [2.05, 4.69) is 5.16 Å². The Morgan fingerprint density at radius 3 is 2.94 bits per heavy atom. The van der Waals surface area contributed by atoms with Crippen molar-refractivity contribution in [3.05, 3.63) is 35.6 Å². The Balaban J connectivity index is 2.24. The number of carboxylic acid groups (broad SMARTS) is 1. The van der Waals surface area contributed by atoms with Crippen LogP contribution in [0.2, 0.25) is 0 Å². The third-order valence-corrected chi connectivity index (χ3v) is 2.47. The summed E-state index contributed by atoms with van der Waals surface area (Å²) in [5, 5.41) is 12.6. The number of halogens is 1. The number of hydrogen-bond acceptors (Lipinski definition) is 3. The molecule has 0 radical (unpaired) electrons. The average Bonchev–Trinajstić information content (AvgIpc) is 2.62. The highest BCUT2D eigenvalue weighted by Gasteiger charge is 2.42. The average molecular weight is 223 g/mol. The predicted molar refractivity (Wildman–Crippen MR) is 54.7 cm³/mol. The largest absolute Gasteiger partial charge is 0.478 e. The van der Waals surface area contributed by atoms with Crippen LogP contribution in [0.15, 0.2) is 29.4 Å². The summed E-state index contributed by atoms with van der Waals surface area (Å²) in [6.07, 6.45) is 0.131. The lowest BCUT2D eigenvalue weighted by atomic mass is 9.96. The van der Waals surface area contributed by atoms with Gasteiger partial charge in [-0.1, -0.05) is 17.3 Å². The van der Waals surface area contributed by atoms with E-state index in [1.54, 1.807) is 12.1 Å². The quantitative estimate of drug-likeness (QED) is 0.831. The van der Waals surface area contributed by atoms with E-state index < -0.39 is 11.6 Å². The minimum atomic E-state index is -1.35. The molecule has 0 saturated carbocycles. The molecular weight excluding hydrogens is 213 g/mol. The Kier molecular flexibility index (Phi) is 2.38. The van der Waals surface area contributed by atoms with E-state index in [9.17, 15) is 9.18 Å². The molecule has 0 spiro atoms. The van der Waals surface area contributed by atoms with Crippen LogP contribution in [-0.4, -0.2) is 22.4 Å². The predicted octanol–water partition coefficient (Wildman–Crippen LogP) is 1.79. The Hall–Kier alpha value is -1.91. The number of hydrogen-bond donors (Lipinski definition) is 1. The van der Waals surface area contributed by atoms with Crippen LogP contribution in [0.25, 0.3) is 0 Å². The van der Waals surface area contributed by atoms with Crippen molar-refractivity contribution in [1.29, 1.82) is 0 Å². The first kappa shape index (κ1) is 10.6. The highest BCUT2D eigenvalue weighted by molar-refractivity contribution is 6.04. The van der Waals surface area contributed by atoms with E-state index in [1.165, 1.54) is 19.1 Å². The van der Waals surface area contributed by atoms with E-state index in [0.29, 0.717) is 11.3 Å². The Morgan fingerprint density at radius 1 is 1.62 bits per heavy atom. The molecule has 1 aromatic carbocycles. The summed E-state index contributed by atoms with van der Waals surface area (Å²) in [4.78, 5) is 15.8. The molecule has 1 aliphatic rings. The van der Waals surface area contributed by atoms with Gasteiger partial charge in [-0.2, -0.15) is 0 Å². The number of carbonyl (C=O) groups is 1. The first-order valence-corrected chi connectivity index (χ1v) is 4.76. The molecule has 4 nitrogen and oxygen atoms in total. The summed E-state index contributed by atoms with van der Waals surface area (Å²) in [6, 6.07) is 5.83. The van der Waals surface area contributed by atoms with Crippen molar-refractivity contribution in [1.82, 2.24) is 0 Å². The molecule has 1 aliphatic heterocycles. The second kappa shape index (κ2) is 3.59. The number of nitrogens with zero attached hydrogens (tertiary/aromatic N) is 1. The molecule has 16 heavy (non-hydrogen) atoms. The van der Waals surface area contributed by atoms with Crippen LogP contribution in [0.3, 0.4) is 0 Å². The van der Waals surface area contributed by atoms with Crippen LogP contribution in [0.4, 0.5) is 4.39 Å². The summed E-state index contributed by atoms with van der Waals surface area (Å²) in [5.74, 6) is -1.47. The number of aliphatic carboxylic acids is 1. The number of carboxylic acids is 1. The molecule has 0 amide bonds. The van der Waals surface area contributed by atoms with Gasteiger partial charge < -0.3 is 9.94 Å². The van der Waals surface area contributed by atoms with Crippen LogP contribution in [0.1, 0.15) is 18.9 Å². The normalized spacial score (nSPS) is 23.8. The first-order chi connectivity index (χ1) is 7.51. The van der Waals surface area contributed by atoms with Crippen molar-refractivity contribution < 1.29 is 19.1 Å². The number of benzene rings is 1. The van der Waals surface area contributed by atoms with Gasteiger partial charge in [0.05, 0.1) is 5.71 Å². The maximum atomic E-state index is 13.0. The van der Waals surface area contributed by atoms with Gasteiger partial charge in [0.25, 0.3) is 0 Å². The molecule has 2 rings (SSSR count). The Labute approximate surface area is 91.3 Å². The fourth-order valence-electron chi connectivity index (χ4n) is 1.48. The van der Waals surface area contributed by atoms with Crippen LogP contribution in [0.5, 0.6) is 0 Å². The van der Waals surface area contributed by atoms with Crippen molar-refractivity contribution in [3.63, 3.8) is 0 Å². The third kappa shape index (κ3) is 1.76. The second-order valence-corrected chi connectivity index (χ2v) is 3.85. The fraction of sp³-hybridized carbons (Fsp3) is 0.273. The van der Waals surface area contributed by atoms with Crippen molar-refractivity contribution in [2.45, 2.75) is 18.9 Å². The zero-order valence-corrected chi connectivity index (χ0v) is 8.61. The summed E-state index contributed by atoms with van der Waals surface area (Å²) in [6.45, 7) is 1.44. The summed E-state index contributed by atoms with van der Waals surface area (Å²) in [5.41, 5.74) is -0.351. The molecule has 1 atom stereocenters. The SMILES string of the molecule is C[C@@]1(C(=O)O)CC(c2cccc(F)c2)=NO1. The smallest absolute Gasteiger partial charge is 0.351 e. The van der Waals surface area contributed by atoms with Crippen molar-refractivity contribution in [3.8, 4) is 0 Å². The van der Waals surface area contributed by atoms with Crippen LogP contribution in [-0.2, 0) is 9.63 Å². The van der Waals surface area contributed by atoms with Gasteiger partial charge in [0, 0.05) is 12.0 Å². The standard InChI is InChI=1S/C11H10FNO3/c1-11(10(14)15)6-9(13-16-11)7-3-2-4-8(12)5-7/h2-5H,6H2,1H3,(H,14,15)/t11-/m0/s1. The molecule has 0 fully saturated rings. The van der Waals surface area contributed by atoms with Crippen LogP contribution < -0.4 is 0 Å². The van der Waals surface area contributed by atoms with Crippen LogP contribution >= 0.6 is 0 Å². The molecule has 1 aromatic rings. The summed E-state index contributed by atoms with van der Waals surface area (Å²) >= 11 is 0. The molecule has 1 heterocycles. The maximum absolute atomic E-state index is 13.0. The highest BCUT2D eigenvalue weighted by atomic mass is 19.1. The molecular formula is C11H10FNO3. The monoisotopic (exact) mass is 223 g/mol. The lowest BCUT2D eigenvalue weighted by molar-refractivity contribution is -0.160. The lowest BCUT2D eigenvalue weighted by Gasteiger charge is -2.14. The Bertz CT molecular complexity index is 472. The zero-order valence-electron chi connectivity index (χ0n) is 8.61. The maximum Gasteiger partial charge on any atom is 0.351 e. The molecule has 0 bridgehead atoms. The minimum absolute atomic E-state index is 0.131. The first-order valence-electron chi connectivity index (χ1n) is 4.76. The molecule has 0 saturated heterocycles. The van der Waals surface area contributed by atoms with E-state index in [4.69, 9.17) is 9.94 Å². The molecule has 0 unspecified atom stereocenters. The molecule has 1 N–H and O–H groups in total. The van der Waals surface area contributed by atoms with Crippen LogP contribution in [0, 0.1) is 5.82 Å². The number of oxime groups is 1. The van der Waals surface area contributed by atoms with Gasteiger partial charge in [-0.25, -0.2) is 9.18 Å². The van der Waals surface area contributed by atoms with Gasteiger partial charge in [-0.3, -0.25) is 0 Å². The van der Waals surface area contributed by atoms with Gasteiger partial charge in [0.2, 0.25) is 5.60 Å². The minimum Gasteiger partial charge on any atom is -0.478 e. The van der Waals surface area contributed by atoms with Crippen molar-refractivity contribution >= 4 is 11.7 Å². The molecule has 84 valence electrons. The molecule has 0 aromatic heterocycles. The summed E-state index contributed by atoms with van der Waals surface area (Å²) in [7, 11) is 0. The molecule has 0 aliphatic carbocycles. The summed E-state index contributed by atoms with van der Waals surface area (Å²) < 4.78 is 13.0. The van der Waals surface area contributed by atoms with Gasteiger partial charge in [-0.05, 0) is 19.1 Å². The van der Waals surface area contributed by atoms with E-state index in [-0.39, 0.29) is 12.2 Å². The molecule has 5 heteroatoms. The van der Waals surface area contributed by atoms with E-state index in [1.807, 2.05) is 0 Å². The Morgan fingerprint density at radius 2 is 2.38 bits per heavy atom. The van der Waals surface area contributed by atoms with Gasteiger partial charge in [0.15, 0.2) is 0 Å². The zero-order chi connectivity index (χ0) is 11.8. The van der Waals surface area contributed by atoms with E-state index in [0.717, 1.165) is 0 Å². The van der Waals surface area contributed by atoms with Gasteiger partial charge in [-0.15, -0.1) is 0 Å². The van der Waals surface area contributed by atoms with Crippen molar-refractivity contribution in [2.24, 2.45) is 5.16 Å². The fourth-order valence-corrected chi connectivity index (χ4v) is 1.48. The highest BCUT2D eigenvalue weighted by Crippen LogP contribution is 2.26.